The fourth-order valence-electron chi connectivity index (χ4n) is 2.66. The van der Waals surface area contributed by atoms with Crippen LogP contribution in [0.4, 0.5) is 0 Å². The Hall–Kier alpha value is -2.51. The van der Waals surface area contributed by atoms with E-state index in [9.17, 15) is 5.11 Å². The van der Waals surface area contributed by atoms with E-state index < -0.39 is 6.10 Å². The topological polar surface area (TPSA) is 77.6 Å². The molecule has 3 aromatic rings. The maximum Gasteiger partial charge on any atom is 0.276 e. The summed E-state index contributed by atoms with van der Waals surface area (Å²) in [5.41, 5.74) is 4.14. The maximum atomic E-state index is 10.3. The van der Waals surface area contributed by atoms with E-state index in [0.29, 0.717) is 16.9 Å². The van der Waals surface area contributed by atoms with Crippen molar-refractivity contribution >= 4 is 11.8 Å². The minimum absolute atomic E-state index is 0.206. The average molecular weight is 401 g/mol. The SMILES string of the molecule is COc1ccc(-c2nnc(SC[C@@H](O)COc3c(C)ccc(C)c3C)o2)cc1. The summed E-state index contributed by atoms with van der Waals surface area (Å²) in [7, 11) is 1.62. The van der Waals surface area contributed by atoms with E-state index in [1.807, 2.05) is 51.1 Å². The zero-order chi connectivity index (χ0) is 20.1. The number of nitrogens with zero attached hydrogens (tertiary/aromatic N) is 2. The van der Waals surface area contributed by atoms with Crippen molar-refractivity contribution in [3.8, 4) is 23.0 Å². The molecule has 1 N–H and O–H groups in total. The molecule has 0 bridgehead atoms. The van der Waals surface area contributed by atoms with Crippen molar-refractivity contribution in [2.75, 3.05) is 19.5 Å². The Morgan fingerprint density at radius 2 is 1.75 bits per heavy atom. The standard InChI is InChI=1S/C21H24N2O4S/c1-13-5-6-14(2)19(15(13)3)26-11-17(24)12-28-21-23-22-20(27-21)16-7-9-18(25-4)10-8-16/h5-10,17,24H,11-12H2,1-4H3/t17-/m0/s1. The molecule has 0 spiro atoms. The van der Waals surface area contributed by atoms with Crippen LogP contribution in [0.2, 0.25) is 0 Å². The highest BCUT2D eigenvalue weighted by Gasteiger charge is 2.14. The molecule has 3 rings (SSSR count). The first-order chi connectivity index (χ1) is 13.5. The molecule has 6 nitrogen and oxygen atoms in total. The van der Waals surface area contributed by atoms with Gasteiger partial charge in [0.25, 0.3) is 5.22 Å². The molecular formula is C21H24N2O4S. The summed E-state index contributed by atoms with van der Waals surface area (Å²) >= 11 is 1.30. The number of methoxy groups -OCH3 is 1. The van der Waals surface area contributed by atoms with Gasteiger partial charge in [0.05, 0.1) is 13.2 Å². The van der Waals surface area contributed by atoms with Crippen LogP contribution in [-0.2, 0) is 0 Å². The molecule has 0 aliphatic rings. The van der Waals surface area contributed by atoms with E-state index in [0.717, 1.165) is 28.2 Å². The van der Waals surface area contributed by atoms with Gasteiger partial charge in [0.15, 0.2) is 0 Å². The quantitative estimate of drug-likeness (QED) is 0.568. The summed E-state index contributed by atoms with van der Waals surface area (Å²) in [6.45, 7) is 6.28. The lowest BCUT2D eigenvalue weighted by Crippen LogP contribution is -2.20. The van der Waals surface area contributed by atoms with Crippen molar-refractivity contribution in [3.63, 3.8) is 0 Å². The van der Waals surface area contributed by atoms with Gasteiger partial charge in [0, 0.05) is 11.3 Å². The van der Waals surface area contributed by atoms with Gasteiger partial charge in [-0.1, -0.05) is 23.9 Å². The molecule has 7 heteroatoms. The number of aromatic nitrogens is 2. The number of aliphatic hydroxyl groups is 1. The predicted octanol–water partition coefficient (Wildman–Crippen LogP) is 4.20. The van der Waals surface area contributed by atoms with Gasteiger partial charge in [-0.2, -0.15) is 0 Å². The summed E-state index contributed by atoms with van der Waals surface area (Å²) in [5.74, 6) is 2.43. The molecule has 0 aliphatic heterocycles. The monoisotopic (exact) mass is 400 g/mol. The number of benzene rings is 2. The predicted molar refractivity (Wildman–Crippen MR) is 109 cm³/mol. The second-order valence-electron chi connectivity index (χ2n) is 6.53. The molecule has 1 heterocycles. The lowest BCUT2D eigenvalue weighted by Gasteiger charge is -2.16. The van der Waals surface area contributed by atoms with Gasteiger partial charge in [-0.05, 0) is 61.7 Å². The van der Waals surface area contributed by atoms with E-state index in [2.05, 4.69) is 16.3 Å². The fraction of sp³-hybridized carbons (Fsp3) is 0.333. The Kier molecular flexibility index (Phi) is 6.59. The lowest BCUT2D eigenvalue weighted by atomic mass is 10.1. The second-order valence-corrected chi connectivity index (χ2v) is 7.50. The van der Waals surface area contributed by atoms with E-state index in [-0.39, 0.29) is 6.61 Å². The summed E-state index contributed by atoms with van der Waals surface area (Å²) in [6.07, 6.45) is -0.652. The van der Waals surface area contributed by atoms with Crippen molar-refractivity contribution in [1.82, 2.24) is 10.2 Å². The third-order valence-electron chi connectivity index (χ3n) is 4.44. The van der Waals surface area contributed by atoms with Crippen LogP contribution in [0.25, 0.3) is 11.5 Å². The van der Waals surface area contributed by atoms with Crippen molar-refractivity contribution < 1.29 is 19.0 Å². The molecule has 0 fully saturated rings. The fourth-order valence-corrected chi connectivity index (χ4v) is 3.33. The lowest BCUT2D eigenvalue weighted by molar-refractivity contribution is 0.125. The van der Waals surface area contributed by atoms with Crippen LogP contribution in [0, 0.1) is 20.8 Å². The Bertz CT molecular complexity index is 925. The molecule has 148 valence electrons. The molecule has 28 heavy (non-hydrogen) atoms. The van der Waals surface area contributed by atoms with Crippen LogP contribution < -0.4 is 9.47 Å². The zero-order valence-electron chi connectivity index (χ0n) is 16.4. The molecule has 2 aromatic carbocycles. The summed E-state index contributed by atoms with van der Waals surface area (Å²) in [4.78, 5) is 0. The van der Waals surface area contributed by atoms with E-state index in [1.165, 1.54) is 17.3 Å². The minimum Gasteiger partial charge on any atom is -0.497 e. The molecule has 0 radical (unpaired) electrons. The number of hydrogen-bond donors (Lipinski definition) is 1. The molecule has 0 saturated heterocycles. The van der Waals surface area contributed by atoms with Crippen molar-refractivity contribution in [2.45, 2.75) is 32.1 Å². The minimum atomic E-state index is -0.652. The van der Waals surface area contributed by atoms with Gasteiger partial charge in [-0.15, -0.1) is 10.2 Å². The largest absolute Gasteiger partial charge is 0.497 e. The highest BCUT2D eigenvalue weighted by Crippen LogP contribution is 2.27. The highest BCUT2D eigenvalue weighted by atomic mass is 32.2. The van der Waals surface area contributed by atoms with Crippen LogP contribution in [0.3, 0.4) is 0 Å². The number of aliphatic hydroxyl groups excluding tert-OH is 1. The summed E-state index contributed by atoms with van der Waals surface area (Å²) in [6, 6.07) is 11.5. The van der Waals surface area contributed by atoms with Gasteiger partial charge in [-0.25, -0.2) is 0 Å². The second kappa shape index (κ2) is 9.12. The third-order valence-corrected chi connectivity index (χ3v) is 5.40. The Labute approximate surface area is 168 Å². The van der Waals surface area contributed by atoms with Gasteiger partial charge in [0.1, 0.15) is 18.1 Å². The zero-order valence-corrected chi connectivity index (χ0v) is 17.2. The molecule has 1 aromatic heterocycles. The summed E-state index contributed by atoms with van der Waals surface area (Å²) < 4.78 is 16.7. The number of ether oxygens (including phenoxy) is 2. The van der Waals surface area contributed by atoms with Crippen molar-refractivity contribution in [1.29, 1.82) is 0 Å². The van der Waals surface area contributed by atoms with Crippen LogP contribution in [0.5, 0.6) is 11.5 Å². The molecule has 0 saturated carbocycles. The molecular weight excluding hydrogens is 376 g/mol. The normalized spacial score (nSPS) is 12.0. The number of rotatable bonds is 8. The Morgan fingerprint density at radius 1 is 1.04 bits per heavy atom. The smallest absolute Gasteiger partial charge is 0.276 e. The first-order valence-electron chi connectivity index (χ1n) is 8.96. The van der Waals surface area contributed by atoms with Crippen LogP contribution in [-0.4, -0.2) is 40.9 Å². The van der Waals surface area contributed by atoms with Gasteiger partial charge >= 0.3 is 0 Å². The molecule has 0 aliphatic carbocycles. The molecule has 0 amide bonds. The van der Waals surface area contributed by atoms with E-state index in [1.54, 1.807) is 7.11 Å². The molecule has 1 atom stereocenters. The number of thioether (sulfide) groups is 1. The van der Waals surface area contributed by atoms with Crippen LogP contribution >= 0.6 is 11.8 Å². The number of hydrogen-bond acceptors (Lipinski definition) is 7. The Balaban J connectivity index is 1.53. The van der Waals surface area contributed by atoms with E-state index >= 15 is 0 Å². The number of aryl methyl sites for hydroxylation is 2. The average Bonchev–Trinajstić information content (AvgIpc) is 3.18. The maximum absolute atomic E-state index is 10.3. The van der Waals surface area contributed by atoms with Gasteiger partial charge < -0.3 is 19.0 Å². The van der Waals surface area contributed by atoms with Gasteiger partial charge in [-0.3, -0.25) is 0 Å². The van der Waals surface area contributed by atoms with Crippen molar-refractivity contribution in [2.24, 2.45) is 0 Å². The Morgan fingerprint density at radius 3 is 2.46 bits per heavy atom. The van der Waals surface area contributed by atoms with E-state index in [4.69, 9.17) is 13.9 Å². The molecule has 0 unspecified atom stereocenters. The highest BCUT2D eigenvalue weighted by molar-refractivity contribution is 7.99. The van der Waals surface area contributed by atoms with Crippen molar-refractivity contribution in [3.05, 3.63) is 53.1 Å². The van der Waals surface area contributed by atoms with Crippen LogP contribution in [0.1, 0.15) is 16.7 Å². The van der Waals surface area contributed by atoms with Gasteiger partial charge in [0.2, 0.25) is 5.89 Å². The first kappa shape index (κ1) is 20.2. The third kappa shape index (κ3) is 4.85. The summed E-state index contributed by atoms with van der Waals surface area (Å²) in [5, 5.41) is 18.7. The first-order valence-corrected chi connectivity index (χ1v) is 9.95. The van der Waals surface area contributed by atoms with Crippen LogP contribution in [0.15, 0.2) is 46.0 Å².